The summed E-state index contributed by atoms with van der Waals surface area (Å²) in [6.45, 7) is 7.02. The number of rotatable bonds is 5. The molecule has 1 amide bonds. The largest absolute Gasteiger partial charge is 0.369 e. The zero-order valence-corrected chi connectivity index (χ0v) is 17.3. The fourth-order valence-electron chi connectivity index (χ4n) is 4.59. The van der Waals surface area contributed by atoms with Gasteiger partial charge in [0.1, 0.15) is 5.82 Å². The molecule has 29 heavy (non-hydrogen) atoms. The van der Waals surface area contributed by atoms with Crippen LogP contribution in [0.3, 0.4) is 0 Å². The predicted molar refractivity (Wildman–Crippen MR) is 113 cm³/mol. The van der Waals surface area contributed by atoms with E-state index in [0.29, 0.717) is 22.6 Å². The first-order valence-corrected chi connectivity index (χ1v) is 10.4. The van der Waals surface area contributed by atoms with E-state index in [2.05, 4.69) is 10.2 Å². The number of anilines is 1. The Balaban J connectivity index is 1.89. The van der Waals surface area contributed by atoms with Crippen molar-refractivity contribution >= 4 is 22.5 Å². The van der Waals surface area contributed by atoms with Crippen molar-refractivity contribution in [2.24, 2.45) is 11.7 Å². The minimum absolute atomic E-state index is 0.0673. The van der Waals surface area contributed by atoms with Crippen LogP contribution in [0.2, 0.25) is 0 Å². The van der Waals surface area contributed by atoms with E-state index in [-0.39, 0.29) is 35.9 Å². The van der Waals surface area contributed by atoms with Gasteiger partial charge in [0.15, 0.2) is 0 Å². The third-order valence-electron chi connectivity index (χ3n) is 6.31. The molecular weight excluding hydrogens is 371 g/mol. The number of amides is 1. The summed E-state index contributed by atoms with van der Waals surface area (Å²) in [5, 5.41) is 3.44. The summed E-state index contributed by atoms with van der Waals surface area (Å²) >= 11 is 0. The van der Waals surface area contributed by atoms with E-state index < -0.39 is 0 Å². The van der Waals surface area contributed by atoms with E-state index in [1.807, 2.05) is 18.4 Å². The number of pyridine rings is 1. The van der Waals surface area contributed by atoms with E-state index in [1.54, 1.807) is 0 Å². The van der Waals surface area contributed by atoms with Crippen LogP contribution in [0.25, 0.3) is 10.9 Å². The summed E-state index contributed by atoms with van der Waals surface area (Å²) in [5.74, 6) is -0.135. The van der Waals surface area contributed by atoms with Gasteiger partial charge >= 0.3 is 0 Å². The lowest BCUT2D eigenvalue weighted by molar-refractivity contribution is -0.119. The number of hydrogen-bond donors (Lipinski definition) is 2. The molecule has 1 aliphatic carbocycles. The van der Waals surface area contributed by atoms with Crippen molar-refractivity contribution < 1.29 is 9.18 Å². The topological polar surface area (TPSA) is 80.4 Å². The Morgan fingerprint density at radius 1 is 1.34 bits per heavy atom. The predicted octanol–water partition coefficient (Wildman–Crippen LogP) is 2.59. The molecule has 1 saturated carbocycles. The van der Waals surface area contributed by atoms with Gasteiger partial charge in [0, 0.05) is 50.1 Å². The monoisotopic (exact) mass is 400 g/mol. The molecule has 2 heterocycles. The van der Waals surface area contributed by atoms with Crippen molar-refractivity contribution in [3.63, 3.8) is 0 Å². The van der Waals surface area contributed by atoms with Crippen LogP contribution in [-0.4, -0.2) is 29.6 Å². The highest BCUT2D eigenvalue weighted by Gasteiger charge is 2.32. The standard InChI is InChI=1S/C22H29FN4O2/c1-12-21-18(9-19(23)22(12)26-7-6-15(11-26)13(2)24)16(10-25-14(3)28)8-20(29)27(21)17-4-5-17/h8-9,13,15,17H,4-7,10-11,24H2,1-3H3,(H,25,28)/t13-,15?/m0/s1. The maximum absolute atomic E-state index is 15.3. The number of benzene rings is 1. The Hall–Kier alpha value is -2.41. The number of nitrogens with two attached hydrogens (primary N) is 1. The van der Waals surface area contributed by atoms with Gasteiger partial charge in [-0.25, -0.2) is 4.39 Å². The highest BCUT2D eigenvalue weighted by molar-refractivity contribution is 5.90. The van der Waals surface area contributed by atoms with Gasteiger partial charge in [0.25, 0.3) is 5.56 Å². The lowest BCUT2D eigenvalue weighted by Crippen LogP contribution is -2.30. The van der Waals surface area contributed by atoms with Crippen molar-refractivity contribution in [1.29, 1.82) is 0 Å². The molecule has 1 aliphatic heterocycles. The number of carbonyl (C=O) groups is 1. The van der Waals surface area contributed by atoms with Gasteiger partial charge in [-0.1, -0.05) is 0 Å². The van der Waals surface area contributed by atoms with Gasteiger partial charge in [0.05, 0.1) is 11.2 Å². The Morgan fingerprint density at radius 2 is 2.07 bits per heavy atom. The molecule has 1 unspecified atom stereocenters. The Kier molecular flexibility index (Phi) is 5.11. The number of aryl methyl sites for hydroxylation is 1. The van der Waals surface area contributed by atoms with Crippen LogP contribution < -0.4 is 21.5 Å². The van der Waals surface area contributed by atoms with Crippen LogP contribution in [0.4, 0.5) is 10.1 Å². The number of nitrogens with one attached hydrogen (secondary N) is 1. The van der Waals surface area contributed by atoms with Crippen molar-refractivity contribution in [2.75, 3.05) is 18.0 Å². The van der Waals surface area contributed by atoms with Crippen LogP contribution >= 0.6 is 0 Å². The number of nitrogens with zero attached hydrogens (tertiary/aromatic N) is 2. The normalized spacial score (nSPS) is 20.3. The molecule has 3 N–H and O–H groups in total. The van der Waals surface area contributed by atoms with Crippen molar-refractivity contribution in [1.82, 2.24) is 9.88 Å². The first-order valence-electron chi connectivity index (χ1n) is 10.4. The lowest BCUT2D eigenvalue weighted by atomic mass is 10.0. The Bertz CT molecular complexity index is 1030. The summed E-state index contributed by atoms with van der Waals surface area (Å²) in [7, 11) is 0. The first kappa shape index (κ1) is 19.9. The summed E-state index contributed by atoms with van der Waals surface area (Å²) in [5.41, 5.74) is 8.80. The zero-order valence-electron chi connectivity index (χ0n) is 17.3. The summed E-state index contributed by atoms with van der Waals surface area (Å²) in [4.78, 5) is 26.4. The van der Waals surface area contributed by atoms with Gasteiger partial charge in [-0.3, -0.25) is 9.59 Å². The highest BCUT2D eigenvalue weighted by Crippen LogP contribution is 2.40. The van der Waals surface area contributed by atoms with Gasteiger partial charge < -0.3 is 20.5 Å². The molecular formula is C22H29FN4O2. The highest BCUT2D eigenvalue weighted by atomic mass is 19.1. The molecule has 0 bridgehead atoms. The fraction of sp³-hybridized carbons (Fsp3) is 0.545. The molecule has 1 aromatic heterocycles. The number of aromatic nitrogens is 1. The second-order valence-electron chi connectivity index (χ2n) is 8.60. The summed E-state index contributed by atoms with van der Waals surface area (Å²) < 4.78 is 17.2. The second-order valence-corrected chi connectivity index (χ2v) is 8.60. The van der Waals surface area contributed by atoms with Crippen LogP contribution in [0.1, 0.15) is 50.3 Å². The van der Waals surface area contributed by atoms with E-state index in [0.717, 1.165) is 43.4 Å². The van der Waals surface area contributed by atoms with Gasteiger partial charge in [-0.05, 0) is 56.2 Å². The molecule has 156 valence electrons. The Morgan fingerprint density at radius 3 is 2.66 bits per heavy atom. The molecule has 0 radical (unpaired) electrons. The third-order valence-corrected chi connectivity index (χ3v) is 6.31. The maximum atomic E-state index is 15.3. The minimum atomic E-state index is -0.287. The molecule has 1 aromatic carbocycles. The summed E-state index contributed by atoms with van der Waals surface area (Å²) in [6.07, 6.45) is 2.86. The summed E-state index contributed by atoms with van der Waals surface area (Å²) in [6, 6.07) is 3.31. The van der Waals surface area contributed by atoms with E-state index in [1.165, 1.54) is 19.1 Å². The lowest BCUT2D eigenvalue weighted by Gasteiger charge is -2.25. The second kappa shape index (κ2) is 7.44. The molecule has 0 spiro atoms. The molecule has 4 rings (SSSR count). The van der Waals surface area contributed by atoms with Gasteiger partial charge in [-0.15, -0.1) is 0 Å². The zero-order chi connectivity index (χ0) is 20.9. The molecule has 2 aromatic rings. The van der Waals surface area contributed by atoms with Crippen LogP contribution in [0.15, 0.2) is 16.9 Å². The van der Waals surface area contributed by atoms with Crippen LogP contribution in [0, 0.1) is 18.7 Å². The number of hydrogen-bond acceptors (Lipinski definition) is 4. The average Bonchev–Trinajstić information content (AvgIpc) is 3.36. The molecule has 2 atom stereocenters. The Labute approximate surface area is 169 Å². The van der Waals surface area contributed by atoms with Gasteiger partial charge in [0.2, 0.25) is 5.91 Å². The maximum Gasteiger partial charge on any atom is 0.251 e. The van der Waals surface area contributed by atoms with E-state index in [4.69, 9.17) is 5.73 Å². The molecule has 7 heteroatoms. The third kappa shape index (κ3) is 3.64. The number of carbonyl (C=O) groups excluding carboxylic acids is 1. The first-order chi connectivity index (χ1) is 13.8. The number of fused-ring (bicyclic) bond motifs is 1. The smallest absolute Gasteiger partial charge is 0.251 e. The number of halogens is 1. The fourth-order valence-corrected chi connectivity index (χ4v) is 4.59. The molecule has 2 fully saturated rings. The van der Waals surface area contributed by atoms with Crippen LogP contribution in [0.5, 0.6) is 0 Å². The van der Waals surface area contributed by atoms with E-state index in [9.17, 15) is 9.59 Å². The van der Waals surface area contributed by atoms with E-state index >= 15 is 4.39 Å². The van der Waals surface area contributed by atoms with Crippen LogP contribution in [-0.2, 0) is 11.3 Å². The van der Waals surface area contributed by atoms with Gasteiger partial charge in [-0.2, -0.15) is 0 Å². The quantitative estimate of drug-likeness (QED) is 0.809. The molecule has 6 nitrogen and oxygen atoms in total. The van der Waals surface area contributed by atoms with Crippen molar-refractivity contribution in [3.05, 3.63) is 39.4 Å². The minimum Gasteiger partial charge on any atom is -0.369 e. The molecule has 2 aliphatic rings. The van der Waals surface area contributed by atoms with Crippen molar-refractivity contribution in [3.8, 4) is 0 Å². The SMILES string of the molecule is CC(=O)NCc1cc(=O)n(C2CC2)c2c(C)c(N3CCC([C@H](C)N)C3)c(F)cc12. The molecule has 1 saturated heterocycles. The average molecular weight is 400 g/mol. The van der Waals surface area contributed by atoms with Crippen molar-refractivity contribution in [2.45, 2.75) is 58.7 Å².